The van der Waals surface area contributed by atoms with Crippen molar-refractivity contribution in [2.75, 3.05) is 17.6 Å². The lowest BCUT2D eigenvalue weighted by Crippen LogP contribution is -2.40. The number of thiophene rings is 1. The highest BCUT2D eigenvalue weighted by molar-refractivity contribution is 8.00. The van der Waals surface area contributed by atoms with Gasteiger partial charge < -0.3 is 26.6 Å². The van der Waals surface area contributed by atoms with Gasteiger partial charge in [-0.15, -0.1) is 23.1 Å². The number of carboxylic acids is 2. The normalized spacial score (nSPS) is 16.1. The Labute approximate surface area is 184 Å². The van der Waals surface area contributed by atoms with Crippen molar-refractivity contribution >= 4 is 52.7 Å². The maximum atomic E-state index is 12.3. The molecule has 0 saturated heterocycles. The number of amides is 1. The maximum Gasteiger partial charge on any atom is 0.326 e. The van der Waals surface area contributed by atoms with E-state index in [9.17, 15) is 24.3 Å². The molecule has 2 atom stereocenters. The van der Waals surface area contributed by atoms with Gasteiger partial charge in [-0.1, -0.05) is 0 Å². The average Bonchev–Trinajstić information content (AvgIpc) is 3.18. The summed E-state index contributed by atoms with van der Waals surface area (Å²) in [6, 6.07) is 2.15. The summed E-state index contributed by atoms with van der Waals surface area (Å²) in [5, 5.41) is 23.5. The van der Waals surface area contributed by atoms with Gasteiger partial charge in [-0.25, -0.2) is 4.79 Å². The molecule has 2 aromatic heterocycles. The molecule has 11 nitrogen and oxygen atoms in total. The lowest BCUT2D eigenvalue weighted by molar-refractivity contribution is -0.140. The number of hydrogen-bond donors (Lipinski definition) is 6. The van der Waals surface area contributed by atoms with Gasteiger partial charge in [0.1, 0.15) is 16.8 Å². The van der Waals surface area contributed by atoms with Crippen LogP contribution in [0.4, 0.5) is 11.8 Å². The summed E-state index contributed by atoms with van der Waals surface area (Å²) in [7, 11) is 0. The molecule has 166 valence electrons. The zero-order valence-electron chi connectivity index (χ0n) is 16.2. The minimum Gasteiger partial charge on any atom is -0.481 e. The molecule has 0 aliphatic carbocycles. The van der Waals surface area contributed by atoms with E-state index in [1.165, 1.54) is 23.1 Å². The fourth-order valence-corrected chi connectivity index (χ4v) is 5.03. The van der Waals surface area contributed by atoms with Gasteiger partial charge in [0.2, 0.25) is 5.95 Å². The quantitative estimate of drug-likeness (QED) is 0.310. The smallest absolute Gasteiger partial charge is 0.326 e. The van der Waals surface area contributed by atoms with E-state index in [1.54, 1.807) is 12.1 Å². The average molecular weight is 468 g/mol. The first-order valence-electron chi connectivity index (χ1n) is 9.37. The molecule has 31 heavy (non-hydrogen) atoms. The number of rotatable bonds is 9. The number of nitrogens with two attached hydrogens (primary N) is 1. The molecule has 13 heteroatoms. The highest BCUT2D eigenvalue weighted by Gasteiger charge is 2.24. The molecule has 0 fully saturated rings. The monoisotopic (exact) mass is 467 g/mol. The number of nitrogens with zero attached hydrogens (tertiary/aromatic N) is 1. The SMILES string of the molecule is Nc1nc2c(c(=O)[nH]1)S[C@H](CCc1ccc(C(=O)N[C@@H](CCC(=O)O)C(=O)O)s1)CN2. The van der Waals surface area contributed by atoms with Crippen molar-refractivity contribution < 1.29 is 24.6 Å². The fraction of sp³-hybridized carbons (Fsp3) is 0.389. The summed E-state index contributed by atoms with van der Waals surface area (Å²) >= 11 is 2.68. The van der Waals surface area contributed by atoms with Gasteiger partial charge in [-0.2, -0.15) is 4.98 Å². The Balaban J connectivity index is 1.55. The number of carbonyl (C=O) groups excluding carboxylic acids is 1. The lowest BCUT2D eigenvalue weighted by Gasteiger charge is -2.23. The van der Waals surface area contributed by atoms with Gasteiger partial charge in [-0.05, 0) is 31.4 Å². The molecule has 3 rings (SSSR count). The van der Waals surface area contributed by atoms with E-state index in [2.05, 4.69) is 20.6 Å². The van der Waals surface area contributed by atoms with Crippen LogP contribution in [0.1, 0.15) is 33.8 Å². The molecule has 3 heterocycles. The number of hydrogen-bond acceptors (Lipinski definition) is 9. The van der Waals surface area contributed by atoms with E-state index in [0.29, 0.717) is 28.6 Å². The second-order valence-corrected chi connectivity index (χ2v) is 9.33. The van der Waals surface area contributed by atoms with Crippen LogP contribution in [0.15, 0.2) is 21.8 Å². The molecule has 0 saturated carbocycles. The molecule has 2 aromatic rings. The van der Waals surface area contributed by atoms with E-state index >= 15 is 0 Å². The van der Waals surface area contributed by atoms with Crippen molar-refractivity contribution in [2.45, 2.75) is 41.9 Å². The Morgan fingerprint density at radius 3 is 2.81 bits per heavy atom. The third-order valence-electron chi connectivity index (χ3n) is 4.53. The van der Waals surface area contributed by atoms with Crippen molar-refractivity contribution in [3.63, 3.8) is 0 Å². The van der Waals surface area contributed by atoms with Crippen LogP contribution in [0.3, 0.4) is 0 Å². The van der Waals surface area contributed by atoms with E-state index in [4.69, 9.17) is 10.8 Å². The minimum absolute atomic E-state index is 0.0628. The van der Waals surface area contributed by atoms with Crippen molar-refractivity contribution in [1.29, 1.82) is 0 Å². The predicted octanol–water partition coefficient (Wildman–Crippen LogP) is 0.980. The molecule has 1 aliphatic heterocycles. The number of anilines is 2. The third kappa shape index (κ3) is 5.98. The van der Waals surface area contributed by atoms with Gasteiger partial charge in [-0.3, -0.25) is 19.4 Å². The van der Waals surface area contributed by atoms with Crippen LogP contribution in [0.2, 0.25) is 0 Å². The number of carboxylic acid groups (broad SMARTS) is 2. The zero-order chi connectivity index (χ0) is 22.5. The van der Waals surface area contributed by atoms with Crippen LogP contribution in [0, 0.1) is 0 Å². The third-order valence-corrected chi connectivity index (χ3v) is 7.02. The standard InChI is InChI=1S/C18H21N5O6S2/c19-18-22-14-13(16(27)23-18)31-9(7-20-14)2-1-8-3-5-11(30-8)15(26)21-10(17(28)29)4-6-12(24)25/h3,5,9-10H,1-2,4,6-7H2,(H,21,26)(H,24,25)(H,28,29)(H4,19,20,22,23,27)/t9-,10+/m1/s1. The summed E-state index contributed by atoms with van der Waals surface area (Å²) in [4.78, 5) is 54.6. The second-order valence-electron chi connectivity index (χ2n) is 6.85. The number of aromatic nitrogens is 2. The van der Waals surface area contributed by atoms with E-state index < -0.39 is 23.9 Å². The summed E-state index contributed by atoms with van der Waals surface area (Å²) in [6.45, 7) is 0.621. The van der Waals surface area contributed by atoms with Crippen molar-refractivity contribution in [2.24, 2.45) is 0 Å². The zero-order valence-corrected chi connectivity index (χ0v) is 17.8. The number of carbonyl (C=O) groups is 3. The Kier molecular flexibility index (Phi) is 7.17. The minimum atomic E-state index is -1.28. The summed E-state index contributed by atoms with van der Waals surface area (Å²) in [5.74, 6) is -2.41. The first kappa shape index (κ1) is 22.6. The van der Waals surface area contributed by atoms with Crippen molar-refractivity contribution in [3.8, 4) is 0 Å². The van der Waals surface area contributed by atoms with Gasteiger partial charge in [0.05, 0.1) is 4.88 Å². The topological polar surface area (TPSA) is 187 Å². The highest BCUT2D eigenvalue weighted by atomic mass is 32.2. The van der Waals surface area contributed by atoms with Crippen LogP contribution in [-0.2, 0) is 16.0 Å². The molecular formula is C18H21N5O6S2. The van der Waals surface area contributed by atoms with Crippen LogP contribution >= 0.6 is 23.1 Å². The number of fused-ring (bicyclic) bond motifs is 1. The number of H-pyrrole nitrogens is 1. The van der Waals surface area contributed by atoms with Crippen molar-refractivity contribution in [3.05, 3.63) is 32.2 Å². The number of aryl methyl sites for hydroxylation is 1. The maximum absolute atomic E-state index is 12.3. The number of aliphatic carboxylic acids is 2. The molecule has 0 bridgehead atoms. The molecule has 0 aromatic carbocycles. The largest absolute Gasteiger partial charge is 0.481 e. The van der Waals surface area contributed by atoms with Crippen LogP contribution < -0.4 is 21.9 Å². The molecule has 1 aliphatic rings. The van der Waals surface area contributed by atoms with Crippen molar-refractivity contribution in [1.82, 2.24) is 15.3 Å². The summed E-state index contributed by atoms with van der Waals surface area (Å²) < 4.78 is 0. The second kappa shape index (κ2) is 9.83. The first-order chi connectivity index (χ1) is 14.7. The van der Waals surface area contributed by atoms with Gasteiger partial charge in [0.15, 0.2) is 0 Å². The molecule has 0 spiro atoms. The number of nitrogen functional groups attached to an aromatic ring is 1. The number of aromatic amines is 1. The Hall–Kier alpha value is -3.06. The van der Waals surface area contributed by atoms with Gasteiger partial charge in [0.25, 0.3) is 11.5 Å². The molecular weight excluding hydrogens is 446 g/mol. The summed E-state index contributed by atoms with van der Waals surface area (Å²) in [6.07, 6.45) is 0.878. The fourth-order valence-electron chi connectivity index (χ4n) is 2.98. The summed E-state index contributed by atoms with van der Waals surface area (Å²) in [5.41, 5.74) is 5.27. The van der Waals surface area contributed by atoms with Crippen LogP contribution in [0.5, 0.6) is 0 Å². The molecule has 1 amide bonds. The Bertz CT molecular complexity index is 1050. The Morgan fingerprint density at radius 2 is 2.10 bits per heavy atom. The van der Waals surface area contributed by atoms with Crippen LogP contribution in [-0.4, -0.2) is 55.9 Å². The lowest BCUT2D eigenvalue weighted by atomic mass is 10.1. The predicted molar refractivity (Wildman–Crippen MR) is 116 cm³/mol. The van der Waals surface area contributed by atoms with E-state index in [-0.39, 0.29) is 29.6 Å². The highest BCUT2D eigenvalue weighted by Crippen LogP contribution is 2.33. The van der Waals surface area contributed by atoms with Gasteiger partial charge in [0, 0.05) is 23.1 Å². The molecule has 0 unspecified atom stereocenters. The molecule has 7 N–H and O–H groups in total. The Morgan fingerprint density at radius 1 is 1.32 bits per heavy atom. The van der Waals surface area contributed by atoms with Gasteiger partial charge >= 0.3 is 11.9 Å². The number of thioether (sulfide) groups is 1. The first-order valence-corrected chi connectivity index (χ1v) is 11.1. The number of nitrogens with one attached hydrogen (secondary N) is 3. The molecule has 0 radical (unpaired) electrons. The van der Waals surface area contributed by atoms with E-state index in [1.807, 2.05) is 0 Å². The van der Waals surface area contributed by atoms with Crippen LogP contribution in [0.25, 0.3) is 0 Å². The van der Waals surface area contributed by atoms with E-state index in [0.717, 1.165) is 11.3 Å².